The largest absolute Gasteiger partial charge is 0.465 e. The Morgan fingerprint density at radius 2 is 1.61 bits per heavy atom. The highest BCUT2D eigenvalue weighted by Gasteiger charge is 2.68. The molecule has 5 rings (SSSR count). The lowest BCUT2D eigenvalue weighted by Gasteiger charge is -2.35. The van der Waals surface area contributed by atoms with Gasteiger partial charge in [-0.05, 0) is 67.1 Å². The first kappa shape index (κ1) is 43.9. The van der Waals surface area contributed by atoms with Gasteiger partial charge in [0.15, 0.2) is 0 Å². The van der Waals surface area contributed by atoms with Crippen molar-refractivity contribution in [3.05, 3.63) is 85.5 Å². The van der Waals surface area contributed by atoms with Gasteiger partial charge < -0.3 is 20.6 Å². The summed E-state index contributed by atoms with van der Waals surface area (Å²) in [6, 6.07) is 14.7. The van der Waals surface area contributed by atoms with E-state index in [9.17, 15) is 41.5 Å². The number of allylic oxidation sites excluding steroid dienone is 1. The highest BCUT2D eigenvalue weighted by atomic mass is 32.2. The van der Waals surface area contributed by atoms with E-state index in [-0.39, 0.29) is 13.0 Å². The SMILES string of the molecule is C=CCCCCCC1(S(=O)(=O)NC(=O)[C@@]2(NC(=O)[C@@H]3C[C@@](SCC=C)(c4ccc(-c5ccccc5)cc4)CN3C(=O)[C@@H](NC(=O)O)C(C)(C)C)C[C@H]2C(F)F)CC1. The second-order valence-corrected chi connectivity index (χ2v) is 20.1. The molecule has 2 saturated carbocycles. The quantitative estimate of drug-likeness (QED) is 0.0870. The van der Waals surface area contributed by atoms with Crippen LogP contribution in [0.3, 0.4) is 0 Å². The molecule has 0 unspecified atom stereocenters. The maximum absolute atomic E-state index is 14.6. The molecule has 0 spiro atoms. The van der Waals surface area contributed by atoms with Crippen LogP contribution in [0.4, 0.5) is 13.6 Å². The summed E-state index contributed by atoms with van der Waals surface area (Å²) in [6.45, 7) is 12.5. The van der Waals surface area contributed by atoms with Crippen molar-refractivity contribution in [2.24, 2.45) is 11.3 Å². The summed E-state index contributed by atoms with van der Waals surface area (Å²) in [7, 11) is -4.30. The van der Waals surface area contributed by atoms with Crippen molar-refractivity contribution >= 4 is 45.6 Å². The second kappa shape index (κ2) is 17.3. The Morgan fingerprint density at radius 3 is 2.16 bits per heavy atom. The van der Waals surface area contributed by atoms with Gasteiger partial charge in [-0.25, -0.2) is 22.0 Å². The monoisotopic (exact) mass is 828 g/mol. The molecule has 1 heterocycles. The van der Waals surface area contributed by atoms with Crippen LogP contribution in [-0.4, -0.2) is 83.3 Å². The molecule has 4 amide bonds. The minimum Gasteiger partial charge on any atom is -0.465 e. The molecule has 57 heavy (non-hydrogen) atoms. The fourth-order valence-corrected chi connectivity index (χ4v) is 10.8. The van der Waals surface area contributed by atoms with Crippen molar-refractivity contribution in [3.63, 3.8) is 0 Å². The highest BCUT2D eigenvalue weighted by molar-refractivity contribution is 8.00. The van der Waals surface area contributed by atoms with E-state index in [0.717, 1.165) is 36.0 Å². The number of halogens is 2. The van der Waals surface area contributed by atoms with Crippen molar-refractivity contribution in [1.82, 2.24) is 20.3 Å². The second-order valence-electron chi connectivity index (χ2n) is 16.6. The number of alkyl halides is 2. The Kier molecular flexibility index (Phi) is 13.3. The third kappa shape index (κ3) is 9.56. The summed E-state index contributed by atoms with van der Waals surface area (Å²) in [5.41, 5.74) is -0.533. The summed E-state index contributed by atoms with van der Waals surface area (Å²) in [4.78, 5) is 56.2. The van der Waals surface area contributed by atoms with Crippen molar-refractivity contribution in [1.29, 1.82) is 0 Å². The molecule has 2 aromatic rings. The summed E-state index contributed by atoms with van der Waals surface area (Å²) < 4.78 is 56.0. The smallest absolute Gasteiger partial charge is 0.405 e. The molecule has 2 aliphatic carbocycles. The molecule has 0 bridgehead atoms. The Balaban J connectivity index is 1.48. The number of carbonyl (C=O) groups is 4. The van der Waals surface area contributed by atoms with Crippen LogP contribution in [0, 0.1) is 11.3 Å². The van der Waals surface area contributed by atoms with E-state index in [1.54, 1.807) is 32.9 Å². The van der Waals surface area contributed by atoms with Crippen LogP contribution in [0.2, 0.25) is 0 Å². The number of unbranched alkanes of at least 4 members (excludes halogenated alkanes) is 3. The number of sulfonamides is 1. The van der Waals surface area contributed by atoms with Crippen molar-refractivity contribution in [2.45, 2.75) is 112 Å². The number of nitrogens with zero attached hydrogens (tertiary/aromatic N) is 1. The number of hydrogen-bond donors (Lipinski definition) is 4. The number of hydrogen-bond acceptors (Lipinski definition) is 7. The molecule has 3 fully saturated rings. The van der Waals surface area contributed by atoms with Gasteiger partial charge in [0.2, 0.25) is 28.3 Å². The fourth-order valence-electron chi connectivity index (χ4n) is 7.87. The van der Waals surface area contributed by atoms with E-state index in [4.69, 9.17) is 0 Å². The fraction of sp³-hybridized carbons (Fsp3) is 0.524. The standard InChI is InChI=1S/C42H54F2N4O7S2/c1-6-8-9-10-14-21-40(22-23-40)57(54,55)47-37(51)42(25-31(42)34(43)44)46-35(49)32-26-41(56-24-7-2,27-48(32)36(50)33(39(3,4)5)45-38(52)53)30-19-17-29(18-20-30)28-15-12-11-13-16-28/h6-7,11-13,15-20,31-34,45H,1-2,8-10,14,21-27H2,3-5H3,(H,46,49)(H,47,51)(H,52,53)/t31-,32-,33+,41-,42+/m0/s1. The summed E-state index contributed by atoms with van der Waals surface area (Å²) >= 11 is 1.42. The van der Waals surface area contributed by atoms with Gasteiger partial charge in [-0.2, -0.15) is 0 Å². The van der Waals surface area contributed by atoms with Crippen LogP contribution in [0.1, 0.15) is 84.1 Å². The number of carboxylic acid groups (broad SMARTS) is 1. The molecule has 5 atom stereocenters. The lowest BCUT2D eigenvalue weighted by molar-refractivity contribution is -0.143. The van der Waals surface area contributed by atoms with E-state index in [2.05, 4.69) is 28.5 Å². The number of rotatable bonds is 19. The Bertz CT molecular complexity index is 1940. The first-order valence-electron chi connectivity index (χ1n) is 19.3. The van der Waals surface area contributed by atoms with Gasteiger partial charge in [0.1, 0.15) is 17.6 Å². The first-order valence-corrected chi connectivity index (χ1v) is 21.8. The minimum atomic E-state index is -4.30. The Hall–Kier alpha value is -4.24. The summed E-state index contributed by atoms with van der Waals surface area (Å²) in [5, 5.41) is 14.5. The van der Waals surface area contributed by atoms with E-state index >= 15 is 0 Å². The maximum atomic E-state index is 14.6. The molecule has 4 N–H and O–H groups in total. The molecule has 11 nitrogen and oxygen atoms in total. The number of thioether (sulfide) groups is 1. The molecule has 3 aliphatic rings. The van der Waals surface area contributed by atoms with E-state index in [0.29, 0.717) is 31.4 Å². The average molecular weight is 829 g/mol. The van der Waals surface area contributed by atoms with Crippen LogP contribution in [0.25, 0.3) is 11.1 Å². The van der Waals surface area contributed by atoms with Crippen LogP contribution >= 0.6 is 11.8 Å². The molecule has 2 aromatic carbocycles. The minimum absolute atomic E-state index is 0.0258. The summed E-state index contributed by atoms with van der Waals surface area (Å²) in [6.07, 6.45) is 2.37. The molecule has 310 valence electrons. The normalized spacial score (nSPS) is 24.3. The topological polar surface area (TPSA) is 162 Å². The van der Waals surface area contributed by atoms with Crippen LogP contribution in [0.5, 0.6) is 0 Å². The van der Waals surface area contributed by atoms with Crippen molar-refractivity contribution < 1.29 is 41.5 Å². The predicted octanol–water partition coefficient (Wildman–Crippen LogP) is 7.01. The predicted molar refractivity (Wildman–Crippen MR) is 218 cm³/mol. The van der Waals surface area contributed by atoms with E-state index in [1.165, 1.54) is 16.7 Å². The third-order valence-electron chi connectivity index (χ3n) is 11.5. The number of carbonyl (C=O) groups excluding carboxylic acids is 3. The lowest BCUT2D eigenvalue weighted by atomic mass is 9.85. The number of nitrogens with one attached hydrogen (secondary N) is 3. The van der Waals surface area contributed by atoms with Gasteiger partial charge in [-0.15, -0.1) is 24.9 Å². The molecular formula is C42H54F2N4O7S2. The van der Waals surface area contributed by atoms with Crippen molar-refractivity contribution in [3.8, 4) is 11.1 Å². The zero-order chi connectivity index (χ0) is 41.8. The maximum Gasteiger partial charge on any atom is 0.405 e. The Labute approximate surface area is 338 Å². The van der Waals surface area contributed by atoms with Crippen molar-refractivity contribution in [2.75, 3.05) is 12.3 Å². The van der Waals surface area contributed by atoms with Gasteiger partial charge in [0.25, 0.3) is 5.91 Å². The summed E-state index contributed by atoms with van der Waals surface area (Å²) in [5.74, 6) is -4.14. The average Bonchev–Trinajstić information content (AvgIpc) is 4.08. The third-order valence-corrected chi connectivity index (χ3v) is 15.2. The molecular weight excluding hydrogens is 775 g/mol. The van der Waals surface area contributed by atoms with Gasteiger partial charge in [0.05, 0.1) is 15.4 Å². The number of likely N-dealkylation sites (tertiary alicyclic amines) is 1. The first-order chi connectivity index (χ1) is 26.8. The Morgan fingerprint density at radius 1 is 0.965 bits per heavy atom. The molecule has 15 heteroatoms. The molecule has 1 aliphatic heterocycles. The van der Waals surface area contributed by atoms with E-state index < -0.39 is 85.1 Å². The van der Waals surface area contributed by atoms with Gasteiger partial charge in [-0.3, -0.25) is 19.1 Å². The highest BCUT2D eigenvalue weighted by Crippen LogP contribution is 2.52. The molecule has 0 aromatic heterocycles. The molecule has 0 radical (unpaired) electrons. The van der Waals surface area contributed by atoms with Gasteiger partial charge >= 0.3 is 6.09 Å². The van der Waals surface area contributed by atoms with Crippen LogP contribution in [0.15, 0.2) is 79.9 Å². The van der Waals surface area contributed by atoms with Crippen LogP contribution < -0.4 is 15.4 Å². The van der Waals surface area contributed by atoms with Crippen LogP contribution in [-0.2, 0) is 29.2 Å². The van der Waals surface area contributed by atoms with E-state index in [1.807, 2.05) is 54.6 Å². The van der Waals surface area contributed by atoms with Gasteiger partial charge in [-0.1, -0.05) is 100 Å². The number of benzene rings is 2. The molecule has 1 saturated heterocycles. The zero-order valence-corrected chi connectivity index (χ0v) is 34.4. The number of amides is 4. The van der Waals surface area contributed by atoms with Gasteiger partial charge in [0, 0.05) is 12.3 Å². The zero-order valence-electron chi connectivity index (χ0n) is 32.8. The lowest BCUT2D eigenvalue weighted by Crippen LogP contribution is -2.60.